The van der Waals surface area contributed by atoms with Gasteiger partial charge in [-0.05, 0) is 19.8 Å². The maximum Gasteiger partial charge on any atom is 0.102 e. The fourth-order valence-electron chi connectivity index (χ4n) is 2.06. The number of likely N-dealkylation sites (N-methyl/N-ethyl adjacent to an activating group) is 1. The second-order valence-electron chi connectivity index (χ2n) is 4.18. The summed E-state index contributed by atoms with van der Waals surface area (Å²) in [4.78, 5) is 0. The van der Waals surface area contributed by atoms with Crippen LogP contribution in [0.5, 0.6) is 0 Å². The highest BCUT2D eigenvalue weighted by atomic mass is 16.5. The summed E-state index contributed by atoms with van der Waals surface area (Å²) >= 11 is 0. The lowest BCUT2D eigenvalue weighted by Crippen LogP contribution is -2.51. The van der Waals surface area contributed by atoms with Gasteiger partial charge in [-0.3, -0.25) is 0 Å². The third-order valence-electron chi connectivity index (χ3n) is 3.12. The molecule has 14 heavy (non-hydrogen) atoms. The molecule has 86 valence electrons. The number of quaternary nitrogens is 1. The maximum absolute atomic E-state index is 5.21. The first kappa shape index (κ1) is 13.9. The third kappa shape index (κ3) is 4.97. The molecule has 0 fully saturated rings. The maximum atomic E-state index is 5.21. The Kier molecular flexibility index (Phi) is 8.20. The highest BCUT2D eigenvalue weighted by molar-refractivity contribution is 4.44. The number of nitrogens with zero attached hydrogens (tertiary/aromatic N) is 1. The number of hydrogen-bond acceptors (Lipinski definition) is 1. The molecule has 0 radical (unpaired) electrons. The molecule has 0 rings (SSSR count). The summed E-state index contributed by atoms with van der Waals surface area (Å²) in [6, 6.07) is 0. The molecule has 0 N–H and O–H groups in total. The molecule has 2 nitrogen and oxygen atoms in total. The topological polar surface area (TPSA) is 9.23 Å². The van der Waals surface area contributed by atoms with Gasteiger partial charge in [0.2, 0.25) is 0 Å². The van der Waals surface area contributed by atoms with Crippen LogP contribution in [-0.4, -0.2) is 44.4 Å². The Balaban J connectivity index is 4.11. The van der Waals surface area contributed by atoms with E-state index in [1.54, 1.807) is 7.11 Å². The van der Waals surface area contributed by atoms with Gasteiger partial charge in [-0.15, -0.1) is 0 Å². The van der Waals surface area contributed by atoms with E-state index in [-0.39, 0.29) is 0 Å². The van der Waals surface area contributed by atoms with Crippen molar-refractivity contribution < 1.29 is 9.22 Å². The van der Waals surface area contributed by atoms with Crippen LogP contribution < -0.4 is 0 Å². The lowest BCUT2D eigenvalue weighted by atomic mass is 10.2. The second-order valence-corrected chi connectivity index (χ2v) is 4.18. The monoisotopic (exact) mass is 202 g/mol. The summed E-state index contributed by atoms with van der Waals surface area (Å²) in [6.45, 7) is 12.8. The predicted molar refractivity (Wildman–Crippen MR) is 62.5 cm³/mol. The fourth-order valence-corrected chi connectivity index (χ4v) is 2.06. The number of rotatable bonds is 9. The molecule has 0 spiro atoms. The van der Waals surface area contributed by atoms with Gasteiger partial charge in [-0.2, -0.15) is 0 Å². The van der Waals surface area contributed by atoms with Gasteiger partial charge in [-0.25, -0.2) is 0 Å². The van der Waals surface area contributed by atoms with E-state index in [1.807, 2.05) is 0 Å². The number of ether oxygens (including phenoxy) is 1. The molecule has 0 saturated carbocycles. The van der Waals surface area contributed by atoms with E-state index in [2.05, 4.69) is 20.8 Å². The van der Waals surface area contributed by atoms with Crippen LogP contribution in [-0.2, 0) is 4.74 Å². The molecule has 0 aromatic rings. The van der Waals surface area contributed by atoms with Crippen molar-refractivity contribution >= 4 is 0 Å². The van der Waals surface area contributed by atoms with Crippen molar-refractivity contribution in [1.82, 2.24) is 0 Å². The quantitative estimate of drug-likeness (QED) is 0.522. The summed E-state index contributed by atoms with van der Waals surface area (Å²) in [7, 11) is 1.80. The molecular formula is C12H28NO+. The van der Waals surface area contributed by atoms with Gasteiger partial charge in [-0.1, -0.05) is 20.3 Å². The first-order valence-corrected chi connectivity index (χ1v) is 6.08. The highest BCUT2D eigenvalue weighted by Crippen LogP contribution is 2.10. The number of methoxy groups -OCH3 is 1. The normalized spacial score (nSPS) is 15.4. The first-order valence-electron chi connectivity index (χ1n) is 6.08. The Morgan fingerprint density at radius 1 is 0.929 bits per heavy atom. The molecule has 0 bridgehead atoms. The molecule has 0 aromatic carbocycles. The average Bonchev–Trinajstić information content (AvgIpc) is 2.22. The van der Waals surface area contributed by atoms with E-state index in [1.165, 1.54) is 49.9 Å². The van der Waals surface area contributed by atoms with Crippen LogP contribution in [0.25, 0.3) is 0 Å². The zero-order chi connectivity index (χ0) is 10.9. The SMILES string of the molecule is CCCC[N+](CC)(CCC)CCOC. The van der Waals surface area contributed by atoms with E-state index >= 15 is 0 Å². The van der Waals surface area contributed by atoms with Gasteiger partial charge in [0.05, 0.1) is 26.2 Å². The molecule has 0 amide bonds. The van der Waals surface area contributed by atoms with Gasteiger partial charge in [0.15, 0.2) is 0 Å². The van der Waals surface area contributed by atoms with Crippen molar-refractivity contribution in [3.8, 4) is 0 Å². The summed E-state index contributed by atoms with van der Waals surface area (Å²) in [5.41, 5.74) is 0. The van der Waals surface area contributed by atoms with Crippen molar-refractivity contribution in [1.29, 1.82) is 0 Å². The minimum absolute atomic E-state index is 0.900. The minimum Gasteiger partial charge on any atom is -0.379 e. The molecule has 0 saturated heterocycles. The Morgan fingerprint density at radius 2 is 1.64 bits per heavy atom. The molecule has 0 aliphatic rings. The van der Waals surface area contributed by atoms with Crippen molar-refractivity contribution in [2.24, 2.45) is 0 Å². The molecule has 2 heteroatoms. The van der Waals surface area contributed by atoms with Crippen LogP contribution in [0.4, 0.5) is 0 Å². The summed E-state index contributed by atoms with van der Waals surface area (Å²) in [6.07, 6.45) is 3.93. The largest absolute Gasteiger partial charge is 0.379 e. The standard InChI is InChI=1S/C12H28NO/c1-5-8-10-13(7-3,9-6-2)11-12-14-4/h5-12H2,1-4H3/q+1. The van der Waals surface area contributed by atoms with Gasteiger partial charge in [0, 0.05) is 7.11 Å². The van der Waals surface area contributed by atoms with Crippen LogP contribution in [0.2, 0.25) is 0 Å². The molecule has 1 unspecified atom stereocenters. The lowest BCUT2D eigenvalue weighted by molar-refractivity contribution is -0.927. The smallest absolute Gasteiger partial charge is 0.102 e. The van der Waals surface area contributed by atoms with Gasteiger partial charge in [0.25, 0.3) is 0 Å². The summed E-state index contributed by atoms with van der Waals surface area (Å²) < 4.78 is 6.46. The van der Waals surface area contributed by atoms with Gasteiger partial charge < -0.3 is 9.22 Å². The van der Waals surface area contributed by atoms with Crippen molar-refractivity contribution in [2.45, 2.75) is 40.0 Å². The van der Waals surface area contributed by atoms with Gasteiger partial charge >= 0.3 is 0 Å². The summed E-state index contributed by atoms with van der Waals surface area (Å²) in [5, 5.41) is 0. The first-order chi connectivity index (χ1) is 6.74. The van der Waals surface area contributed by atoms with E-state index in [9.17, 15) is 0 Å². The Bertz CT molecular complexity index is 117. The van der Waals surface area contributed by atoms with Crippen LogP contribution in [0.1, 0.15) is 40.0 Å². The molecule has 0 aromatic heterocycles. The minimum atomic E-state index is 0.900. The van der Waals surface area contributed by atoms with Crippen LogP contribution in [0.15, 0.2) is 0 Å². The number of unbranched alkanes of at least 4 members (excludes halogenated alkanes) is 1. The molecule has 0 aliphatic heterocycles. The fraction of sp³-hybridized carbons (Fsp3) is 1.00. The Hall–Kier alpha value is -0.0800. The van der Waals surface area contributed by atoms with E-state index < -0.39 is 0 Å². The van der Waals surface area contributed by atoms with Crippen LogP contribution in [0.3, 0.4) is 0 Å². The van der Waals surface area contributed by atoms with E-state index in [0.29, 0.717) is 0 Å². The number of hydrogen-bond donors (Lipinski definition) is 0. The summed E-state index contributed by atoms with van der Waals surface area (Å²) in [5.74, 6) is 0. The zero-order valence-electron chi connectivity index (χ0n) is 10.5. The molecule has 0 aliphatic carbocycles. The Labute approximate surface area is 89.8 Å². The molecule has 0 heterocycles. The van der Waals surface area contributed by atoms with Crippen molar-refractivity contribution in [3.05, 3.63) is 0 Å². The zero-order valence-corrected chi connectivity index (χ0v) is 10.5. The van der Waals surface area contributed by atoms with Gasteiger partial charge in [0.1, 0.15) is 6.54 Å². The van der Waals surface area contributed by atoms with Crippen molar-refractivity contribution in [2.75, 3.05) is 39.9 Å². The average molecular weight is 202 g/mol. The predicted octanol–water partition coefficient (Wildman–Crippen LogP) is 2.68. The van der Waals surface area contributed by atoms with E-state index in [0.717, 1.165) is 6.61 Å². The lowest BCUT2D eigenvalue weighted by Gasteiger charge is -2.37. The van der Waals surface area contributed by atoms with E-state index in [4.69, 9.17) is 4.74 Å². The highest BCUT2D eigenvalue weighted by Gasteiger charge is 2.22. The molecular weight excluding hydrogens is 174 g/mol. The van der Waals surface area contributed by atoms with Crippen LogP contribution >= 0.6 is 0 Å². The molecule has 1 atom stereocenters. The Morgan fingerprint density at radius 3 is 2.07 bits per heavy atom. The second kappa shape index (κ2) is 8.25. The third-order valence-corrected chi connectivity index (χ3v) is 3.12. The van der Waals surface area contributed by atoms with Crippen LogP contribution in [0, 0.1) is 0 Å². The van der Waals surface area contributed by atoms with Crippen molar-refractivity contribution in [3.63, 3.8) is 0 Å².